The second kappa shape index (κ2) is 12.9. The van der Waals surface area contributed by atoms with Crippen LogP contribution >= 0.6 is 22.6 Å². The van der Waals surface area contributed by atoms with Crippen molar-refractivity contribution in [2.45, 2.75) is 4.90 Å². The number of hydrogen-bond donors (Lipinski definition) is 4. The van der Waals surface area contributed by atoms with E-state index in [4.69, 9.17) is 9.47 Å². The molecule has 1 aromatic heterocycles. The number of anilines is 5. The number of carboxylic acid groups (broad SMARTS) is 1. The Bertz CT molecular complexity index is 1330. The van der Waals surface area contributed by atoms with Gasteiger partial charge in [0.05, 0.1) is 29.4 Å². The third kappa shape index (κ3) is 8.19. The summed E-state index contributed by atoms with van der Waals surface area (Å²) in [7, 11) is -1.20. The minimum atomic E-state index is -4.34. The highest BCUT2D eigenvalue weighted by atomic mass is 127. The molecule has 13 nitrogen and oxygen atoms in total. The van der Waals surface area contributed by atoms with Gasteiger partial charge in [-0.3, -0.25) is 4.55 Å². The van der Waals surface area contributed by atoms with Gasteiger partial charge >= 0.3 is 5.97 Å². The second-order valence-corrected chi connectivity index (χ2v) is 10.2. The normalized spacial score (nSPS) is 11.2. The fourth-order valence-electron chi connectivity index (χ4n) is 3.09. The minimum Gasteiger partial charge on any atom is -0.478 e. The van der Waals surface area contributed by atoms with Gasteiger partial charge in [-0.1, -0.05) is 0 Å². The molecule has 0 saturated carbocycles. The molecular weight excluding hydrogens is 619 g/mol. The van der Waals surface area contributed by atoms with Gasteiger partial charge in [-0.25, -0.2) is 4.79 Å². The number of aromatic nitrogens is 3. The molecule has 0 aliphatic heterocycles. The van der Waals surface area contributed by atoms with Crippen molar-refractivity contribution >= 4 is 67.9 Å². The summed E-state index contributed by atoms with van der Waals surface area (Å²) in [6.07, 6.45) is 0. The minimum absolute atomic E-state index is 0.0415. The first-order chi connectivity index (χ1) is 17.6. The molecule has 0 fully saturated rings. The van der Waals surface area contributed by atoms with Crippen LogP contribution in [0.15, 0.2) is 47.4 Å². The number of aromatic carboxylic acids is 1. The maximum atomic E-state index is 11.8. The van der Waals surface area contributed by atoms with Crippen LogP contribution in [0.4, 0.5) is 29.2 Å². The number of nitrogens with zero attached hydrogens (tertiary/aromatic N) is 4. The van der Waals surface area contributed by atoms with Gasteiger partial charge < -0.3 is 30.1 Å². The van der Waals surface area contributed by atoms with Crippen molar-refractivity contribution in [3.05, 3.63) is 51.6 Å². The molecule has 3 aromatic rings. The summed E-state index contributed by atoms with van der Waals surface area (Å²) in [5.74, 6) is -0.666. The maximum absolute atomic E-state index is 11.8. The van der Waals surface area contributed by atoms with Gasteiger partial charge in [0.1, 0.15) is 0 Å². The van der Waals surface area contributed by atoms with Crippen molar-refractivity contribution in [1.29, 1.82) is 0 Å². The number of hydrogen-bond acceptors (Lipinski definition) is 11. The van der Waals surface area contributed by atoms with Gasteiger partial charge in [-0.15, -0.1) is 0 Å². The van der Waals surface area contributed by atoms with E-state index >= 15 is 0 Å². The zero-order chi connectivity index (χ0) is 27.0. The Morgan fingerprint density at radius 2 is 1.57 bits per heavy atom. The summed E-state index contributed by atoms with van der Waals surface area (Å²) in [6.45, 7) is 1.65. The number of rotatable bonds is 13. The Morgan fingerprint density at radius 3 is 2.11 bits per heavy atom. The maximum Gasteiger partial charge on any atom is 0.337 e. The highest BCUT2D eigenvalue weighted by molar-refractivity contribution is 14.1. The Balaban J connectivity index is 2.02. The molecule has 0 bridgehead atoms. The summed E-state index contributed by atoms with van der Waals surface area (Å²) in [4.78, 5) is 26.7. The Morgan fingerprint density at radius 1 is 0.973 bits per heavy atom. The summed E-state index contributed by atoms with van der Waals surface area (Å²) in [5.41, 5.74) is 0.768. The molecular formula is C22H25IN6O7S. The van der Waals surface area contributed by atoms with E-state index in [0.29, 0.717) is 32.0 Å². The summed E-state index contributed by atoms with van der Waals surface area (Å²) in [6, 6.07) is 10.2. The van der Waals surface area contributed by atoms with Gasteiger partial charge in [0.25, 0.3) is 10.1 Å². The molecule has 3 rings (SSSR count). The number of nitrogens with one attached hydrogen (secondary N) is 2. The molecule has 0 aliphatic rings. The molecule has 198 valence electrons. The van der Waals surface area contributed by atoms with Crippen LogP contribution < -0.4 is 15.5 Å². The van der Waals surface area contributed by atoms with E-state index in [2.05, 4.69) is 25.6 Å². The third-order valence-corrected chi connectivity index (χ3v) is 6.44. The molecule has 4 N–H and O–H groups in total. The predicted octanol–water partition coefficient (Wildman–Crippen LogP) is 3.01. The van der Waals surface area contributed by atoms with Crippen molar-refractivity contribution in [1.82, 2.24) is 15.0 Å². The first kappa shape index (κ1) is 28.5. The average Bonchev–Trinajstić information content (AvgIpc) is 2.85. The molecule has 0 aliphatic carbocycles. The standard InChI is InChI=1S/C22H25IN6O7S/c1-35-11-9-29(10-12-36-2)22-27-20(24-15-4-6-16(7-5-15)37(32,33)34)26-21(28-22)25-18-8-3-14(23)13-17(18)19(30)31/h3-8,13H,9-12H2,1-2H3,(H,30,31)(H,32,33,34)(H2,24,25,26,27,28). The van der Waals surface area contributed by atoms with Gasteiger partial charge in [-0.05, 0) is 65.1 Å². The van der Waals surface area contributed by atoms with Crippen LogP contribution in [0.5, 0.6) is 0 Å². The van der Waals surface area contributed by atoms with Crippen LogP contribution in [0, 0.1) is 3.57 Å². The summed E-state index contributed by atoms with van der Waals surface area (Å²) >= 11 is 2.02. The van der Waals surface area contributed by atoms with Crippen molar-refractivity contribution in [2.75, 3.05) is 56.1 Å². The molecule has 0 amide bonds. The number of carbonyl (C=O) groups is 1. The van der Waals surface area contributed by atoms with Gasteiger partial charge in [0, 0.05) is 36.6 Å². The van der Waals surface area contributed by atoms with E-state index in [1.165, 1.54) is 30.3 Å². The average molecular weight is 644 g/mol. The van der Waals surface area contributed by atoms with Crippen LogP contribution in [0.2, 0.25) is 0 Å². The molecule has 0 radical (unpaired) electrons. The fraction of sp³-hybridized carbons (Fsp3) is 0.273. The highest BCUT2D eigenvalue weighted by Gasteiger charge is 2.17. The highest BCUT2D eigenvalue weighted by Crippen LogP contribution is 2.25. The molecule has 0 atom stereocenters. The van der Waals surface area contributed by atoms with Crippen LogP contribution in [0.1, 0.15) is 10.4 Å². The zero-order valence-electron chi connectivity index (χ0n) is 19.9. The SMILES string of the molecule is COCCN(CCOC)c1nc(Nc2ccc(S(=O)(=O)O)cc2)nc(Nc2ccc(I)cc2C(=O)O)n1. The molecule has 37 heavy (non-hydrogen) atoms. The lowest BCUT2D eigenvalue weighted by atomic mass is 10.2. The summed E-state index contributed by atoms with van der Waals surface area (Å²) in [5, 5.41) is 15.6. The molecule has 0 unspecified atom stereocenters. The van der Waals surface area contributed by atoms with Crippen LogP contribution in [0.3, 0.4) is 0 Å². The number of benzene rings is 2. The van der Waals surface area contributed by atoms with E-state index in [0.717, 1.165) is 3.57 Å². The van der Waals surface area contributed by atoms with Crippen molar-refractivity contribution < 1.29 is 32.3 Å². The Kier molecular flexibility index (Phi) is 9.93. The van der Waals surface area contributed by atoms with E-state index in [1.54, 1.807) is 26.4 Å². The van der Waals surface area contributed by atoms with E-state index in [-0.39, 0.29) is 34.0 Å². The Hall–Kier alpha value is -3.12. The quantitative estimate of drug-likeness (QED) is 0.158. The third-order valence-electron chi connectivity index (χ3n) is 4.90. The lowest BCUT2D eigenvalue weighted by Crippen LogP contribution is -2.32. The number of carboxylic acids is 1. The van der Waals surface area contributed by atoms with Gasteiger partial charge in [0.15, 0.2) is 0 Å². The Labute approximate surface area is 227 Å². The zero-order valence-corrected chi connectivity index (χ0v) is 22.9. The molecule has 0 saturated heterocycles. The molecule has 2 aromatic carbocycles. The smallest absolute Gasteiger partial charge is 0.337 e. The van der Waals surface area contributed by atoms with Crippen LogP contribution in [0.25, 0.3) is 0 Å². The topological polar surface area (TPSA) is 176 Å². The number of ether oxygens (including phenoxy) is 2. The molecule has 1 heterocycles. The monoisotopic (exact) mass is 644 g/mol. The van der Waals surface area contributed by atoms with Crippen LogP contribution in [-0.4, -0.2) is 79.5 Å². The predicted molar refractivity (Wildman–Crippen MR) is 145 cm³/mol. The first-order valence-electron chi connectivity index (χ1n) is 10.7. The number of methoxy groups -OCH3 is 2. The van der Waals surface area contributed by atoms with Crippen molar-refractivity contribution in [3.63, 3.8) is 0 Å². The fourth-order valence-corrected chi connectivity index (χ4v) is 4.07. The van der Waals surface area contributed by atoms with Crippen molar-refractivity contribution in [2.24, 2.45) is 0 Å². The van der Waals surface area contributed by atoms with Crippen molar-refractivity contribution in [3.8, 4) is 0 Å². The molecule has 0 spiro atoms. The largest absolute Gasteiger partial charge is 0.478 e. The van der Waals surface area contributed by atoms with Crippen LogP contribution in [-0.2, 0) is 19.6 Å². The van der Waals surface area contributed by atoms with E-state index in [1.807, 2.05) is 27.5 Å². The van der Waals surface area contributed by atoms with E-state index in [9.17, 15) is 22.9 Å². The second-order valence-electron chi connectivity index (χ2n) is 7.50. The van der Waals surface area contributed by atoms with E-state index < -0.39 is 16.1 Å². The first-order valence-corrected chi connectivity index (χ1v) is 13.3. The van der Waals surface area contributed by atoms with Gasteiger partial charge in [0.2, 0.25) is 17.8 Å². The molecule has 15 heteroatoms. The van der Waals surface area contributed by atoms with Gasteiger partial charge in [-0.2, -0.15) is 23.4 Å². The lowest BCUT2D eigenvalue weighted by Gasteiger charge is -2.23. The lowest BCUT2D eigenvalue weighted by molar-refractivity contribution is 0.0698. The summed E-state index contributed by atoms with van der Waals surface area (Å²) < 4.78 is 43.0. The number of halogens is 1.